The monoisotopic (exact) mass is 263 g/mol. The van der Waals surface area contributed by atoms with Gasteiger partial charge < -0.3 is 10.3 Å². The molecule has 4 heteroatoms. The van der Waals surface area contributed by atoms with Gasteiger partial charge in [-0.1, -0.05) is 25.4 Å². The zero-order chi connectivity index (χ0) is 13.4. The van der Waals surface area contributed by atoms with Crippen LogP contribution in [-0.2, 0) is 0 Å². The molecular formula is C15H25N3O. The van der Waals surface area contributed by atoms with Crippen molar-refractivity contribution in [1.29, 1.82) is 0 Å². The summed E-state index contributed by atoms with van der Waals surface area (Å²) in [5, 5.41) is 4.25. The van der Waals surface area contributed by atoms with Crippen molar-refractivity contribution in [3.8, 4) is 0 Å². The summed E-state index contributed by atoms with van der Waals surface area (Å²) >= 11 is 0. The maximum absolute atomic E-state index is 5.85. The largest absolute Gasteiger partial charge is 0.339 e. The van der Waals surface area contributed by atoms with Crippen LogP contribution in [0.2, 0.25) is 0 Å². The molecule has 106 valence electrons. The zero-order valence-corrected chi connectivity index (χ0v) is 12.0. The van der Waals surface area contributed by atoms with Crippen LogP contribution in [0.4, 0.5) is 0 Å². The molecule has 2 aliphatic carbocycles. The van der Waals surface area contributed by atoms with Gasteiger partial charge in [-0.2, -0.15) is 4.98 Å². The molecule has 4 nitrogen and oxygen atoms in total. The summed E-state index contributed by atoms with van der Waals surface area (Å²) < 4.78 is 5.50. The second-order valence-electron chi connectivity index (χ2n) is 6.83. The van der Waals surface area contributed by atoms with Crippen molar-refractivity contribution in [1.82, 2.24) is 10.1 Å². The van der Waals surface area contributed by atoms with Crippen LogP contribution in [0.3, 0.4) is 0 Å². The van der Waals surface area contributed by atoms with Gasteiger partial charge in [0.1, 0.15) is 0 Å². The molecule has 1 aromatic rings. The fourth-order valence-corrected chi connectivity index (χ4v) is 3.99. The molecule has 0 radical (unpaired) electrons. The molecule has 2 fully saturated rings. The first-order valence-electron chi connectivity index (χ1n) is 7.71. The first kappa shape index (κ1) is 13.1. The van der Waals surface area contributed by atoms with Gasteiger partial charge in [0.15, 0.2) is 5.82 Å². The Kier molecular flexibility index (Phi) is 3.61. The molecular weight excluding hydrogens is 238 g/mol. The van der Waals surface area contributed by atoms with Crippen molar-refractivity contribution in [3.63, 3.8) is 0 Å². The van der Waals surface area contributed by atoms with Crippen molar-refractivity contribution in [2.75, 3.05) is 6.54 Å². The van der Waals surface area contributed by atoms with E-state index in [4.69, 9.17) is 10.3 Å². The van der Waals surface area contributed by atoms with E-state index in [-0.39, 0.29) is 5.92 Å². The van der Waals surface area contributed by atoms with Crippen LogP contribution in [0.1, 0.15) is 69.5 Å². The highest BCUT2D eigenvalue weighted by Gasteiger charge is 2.42. The molecule has 0 saturated heterocycles. The topological polar surface area (TPSA) is 64.9 Å². The van der Waals surface area contributed by atoms with Crippen LogP contribution in [-0.4, -0.2) is 16.7 Å². The molecule has 2 bridgehead atoms. The summed E-state index contributed by atoms with van der Waals surface area (Å²) in [5.41, 5.74) is 5.85. The van der Waals surface area contributed by atoms with E-state index in [9.17, 15) is 0 Å². The normalized spacial score (nSPS) is 31.3. The number of hydrogen-bond donors (Lipinski definition) is 1. The van der Waals surface area contributed by atoms with Gasteiger partial charge in [0, 0.05) is 12.5 Å². The van der Waals surface area contributed by atoms with Gasteiger partial charge in [0.05, 0.1) is 5.92 Å². The number of nitrogens with two attached hydrogens (primary N) is 1. The molecule has 2 saturated carbocycles. The Morgan fingerprint density at radius 2 is 2.16 bits per heavy atom. The SMILES string of the molecule is CC(C)CC(CN)c1nc(C2CC3CCC2C3)no1. The molecule has 3 rings (SSSR count). The van der Waals surface area contributed by atoms with Crippen LogP contribution in [0, 0.1) is 17.8 Å². The molecule has 4 unspecified atom stereocenters. The maximum atomic E-state index is 5.85. The predicted molar refractivity (Wildman–Crippen MR) is 73.7 cm³/mol. The Balaban J connectivity index is 1.72. The molecule has 0 aromatic carbocycles. The van der Waals surface area contributed by atoms with E-state index in [1.807, 2.05) is 0 Å². The average Bonchev–Trinajstić information content (AvgIpc) is 3.10. The summed E-state index contributed by atoms with van der Waals surface area (Å²) in [7, 11) is 0. The third-order valence-electron chi connectivity index (χ3n) is 4.92. The summed E-state index contributed by atoms with van der Waals surface area (Å²) in [6.07, 6.45) is 6.42. The first-order chi connectivity index (χ1) is 9.17. The lowest BCUT2D eigenvalue weighted by molar-refractivity contribution is 0.324. The van der Waals surface area contributed by atoms with Crippen molar-refractivity contribution < 1.29 is 4.52 Å². The first-order valence-corrected chi connectivity index (χ1v) is 7.71. The standard InChI is InChI=1S/C15H25N3O/c1-9(2)5-12(8-16)15-17-14(18-19-15)13-7-10-3-4-11(13)6-10/h9-13H,3-8,16H2,1-2H3. The third kappa shape index (κ3) is 2.55. The Morgan fingerprint density at radius 3 is 2.74 bits per heavy atom. The number of rotatable bonds is 5. The Bertz CT molecular complexity index is 429. The maximum Gasteiger partial charge on any atom is 0.231 e. The Hall–Kier alpha value is -0.900. The minimum atomic E-state index is 0.222. The van der Waals surface area contributed by atoms with Crippen LogP contribution in [0.5, 0.6) is 0 Å². The quantitative estimate of drug-likeness (QED) is 0.886. The number of hydrogen-bond acceptors (Lipinski definition) is 4. The predicted octanol–water partition coefficient (Wildman–Crippen LogP) is 3.06. The van der Waals surface area contributed by atoms with Crippen LogP contribution < -0.4 is 5.73 Å². The minimum Gasteiger partial charge on any atom is -0.339 e. The van der Waals surface area contributed by atoms with Crippen molar-refractivity contribution in [2.45, 2.75) is 57.8 Å². The minimum absolute atomic E-state index is 0.222. The highest BCUT2D eigenvalue weighted by molar-refractivity contribution is 5.07. The van der Waals surface area contributed by atoms with Crippen molar-refractivity contribution in [2.24, 2.45) is 23.5 Å². The molecule has 1 heterocycles. The molecule has 1 aromatic heterocycles. The van der Waals surface area contributed by atoms with E-state index in [1.165, 1.54) is 25.7 Å². The summed E-state index contributed by atoms with van der Waals surface area (Å²) in [4.78, 5) is 4.68. The third-order valence-corrected chi connectivity index (χ3v) is 4.92. The lowest BCUT2D eigenvalue weighted by Gasteiger charge is -2.17. The smallest absolute Gasteiger partial charge is 0.231 e. The van der Waals surface area contributed by atoms with E-state index < -0.39 is 0 Å². The van der Waals surface area contributed by atoms with Gasteiger partial charge in [-0.15, -0.1) is 0 Å². The number of nitrogens with zero attached hydrogens (tertiary/aromatic N) is 2. The van der Waals surface area contributed by atoms with Crippen LogP contribution >= 0.6 is 0 Å². The van der Waals surface area contributed by atoms with Crippen LogP contribution in [0.25, 0.3) is 0 Å². The molecule has 0 amide bonds. The van der Waals surface area contributed by atoms with E-state index in [0.717, 1.165) is 30.0 Å². The molecule has 2 N–H and O–H groups in total. The van der Waals surface area contributed by atoms with Gasteiger partial charge in [0.25, 0.3) is 0 Å². The fourth-order valence-electron chi connectivity index (χ4n) is 3.99. The lowest BCUT2D eigenvalue weighted by Crippen LogP contribution is -2.15. The van der Waals surface area contributed by atoms with E-state index in [0.29, 0.717) is 18.4 Å². The summed E-state index contributed by atoms with van der Waals surface area (Å²) in [6, 6.07) is 0. The molecule has 0 aliphatic heterocycles. The van der Waals surface area contributed by atoms with E-state index in [1.54, 1.807) is 0 Å². The van der Waals surface area contributed by atoms with Crippen LogP contribution in [0.15, 0.2) is 4.52 Å². The fraction of sp³-hybridized carbons (Fsp3) is 0.867. The van der Waals surface area contributed by atoms with E-state index in [2.05, 4.69) is 24.0 Å². The highest BCUT2D eigenvalue weighted by Crippen LogP contribution is 2.52. The molecule has 19 heavy (non-hydrogen) atoms. The number of aromatic nitrogens is 2. The second-order valence-corrected chi connectivity index (χ2v) is 6.83. The molecule has 4 atom stereocenters. The second kappa shape index (κ2) is 5.23. The van der Waals surface area contributed by atoms with Crippen molar-refractivity contribution >= 4 is 0 Å². The van der Waals surface area contributed by atoms with Gasteiger partial charge in [-0.25, -0.2) is 0 Å². The Morgan fingerprint density at radius 1 is 1.32 bits per heavy atom. The molecule has 0 spiro atoms. The molecule has 2 aliphatic rings. The average molecular weight is 263 g/mol. The Labute approximate surface area is 115 Å². The lowest BCUT2D eigenvalue weighted by atomic mass is 9.88. The van der Waals surface area contributed by atoms with Crippen molar-refractivity contribution in [3.05, 3.63) is 11.7 Å². The van der Waals surface area contributed by atoms with Gasteiger partial charge >= 0.3 is 0 Å². The summed E-state index contributed by atoms with van der Waals surface area (Å²) in [5.74, 6) is 4.80. The van der Waals surface area contributed by atoms with Gasteiger partial charge in [-0.3, -0.25) is 0 Å². The van der Waals surface area contributed by atoms with Gasteiger partial charge in [0.2, 0.25) is 5.89 Å². The summed E-state index contributed by atoms with van der Waals surface area (Å²) in [6.45, 7) is 5.00. The van der Waals surface area contributed by atoms with E-state index >= 15 is 0 Å². The number of fused-ring (bicyclic) bond motifs is 2. The zero-order valence-electron chi connectivity index (χ0n) is 12.0. The van der Waals surface area contributed by atoms with Gasteiger partial charge in [-0.05, 0) is 43.4 Å². The highest BCUT2D eigenvalue weighted by atomic mass is 16.5.